The molecule has 1 amide bonds. The van der Waals surface area contributed by atoms with Crippen LogP contribution < -0.4 is 9.80 Å². The number of carbonyl (C=O) groups is 1. The predicted octanol–water partition coefficient (Wildman–Crippen LogP) is 3.86. The predicted molar refractivity (Wildman–Crippen MR) is 107 cm³/mol. The van der Waals surface area contributed by atoms with Crippen molar-refractivity contribution >= 4 is 17.3 Å². The lowest BCUT2D eigenvalue weighted by Crippen LogP contribution is -2.24. The van der Waals surface area contributed by atoms with Crippen molar-refractivity contribution in [3.05, 3.63) is 60.5 Å². The van der Waals surface area contributed by atoms with E-state index in [1.54, 1.807) is 4.90 Å². The number of para-hydroxylation sites is 1. The van der Waals surface area contributed by atoms with E-state index < -0.39 is 0 Å². The van der Waals surface area contributed by atoms with Crippen LogP contribution in [0, 0.1) is 0 Å². The van der Waals surface area contributed by atoms with Gasteiger partial charge in [-0.25, -0.2) is 0 Å². The molecule has 2 fully saturated rings. The van der Waals surface area contributed by atoms with Crippen LogP contribution in [0.25, 0.3) is 11.4 Å². The smallest absolute Gasteiger partial charge is 0.232 e. The molecule has 0 saturated carbocycles. The highest BCUT2D eigenvalue weighted by molar-refractivity contribution is 5.96. The molecule has 0 radical (unpaired) electrons. The first-order chi connectivity index (χ1) is 13.8. The third kappa shape index (κ3) is 3.15. The normalized spacial score (nSPS) is 19.6. The number of aromatic nitrogens is 2. The zero-order valence-electron chi connectivity index (χ0n) is 15.6. The van der Waals surface area contributed by atoms with E-state index in [9.17, 15) is 4.79 Å². The van der Waals surface area contributed by atoms with Crippen molar-refractivity contribution in [3.8, 4) is 11.4 Å². The number of amides is 1. The number of hydrogen-bond donors (Lipinski definition) is 0. The van der Waals surface area contributed by atoms with Crippen molar-refractivity contribution in [3.63, 3.8) is 0 Å². The number of nitrogens with zero attached hydrogens (tertiary/aromatic N) is 4. The molecule has 0 spiro atoms. The van der Waals surface area contributed by atoms with Gasteiger partial charge in [0.25, 0.3) is 0 Å². The molecule has 0 bridgehead atoms. The van der Waals surface area contributed by atoms with Crippen LogP contribution in [-0.2, 0) is 4.79 Å². The zero-order chi connectivity index (χ0) is 18.9. The van der Waals surface area contributed by atoms with Crippen LogP contribution in [0.4, 0.5) is 11.4 Å². The van der Waals surface area contributed by atoms with Gasteiger partial charge >= 0.3 is 0 Å². The van der Waals surface area contributed by atoms with E-state index in [1.807, 2.05) is 42.5 Å². The lowest BCUT2D eigenvalue weighted by Gasteiger charge is -2.17. The Balaban J connectivity index is 1.32. The molecule has 0 unspecified atom stereocenters. The molecule has 2 aliphatic heterocycles. The Bertz CT molecular complexity index is 962. The van der Waals surface area contributed by atoms with Crippen molar-refractivity contribution in [2.75, 3.05) is 29.4 Å². The fourth-order valence-corrected chi connectivity index (χ4v) is 4.05. The van der Waals surface area contributed by atoms with Gasteiger partial charge in [-0.3, -0.25) is 4.79 Å². The highest BCUT2D eigenvalue weighted by atomic mass is 16.5. The Morgan fingerprint density at radius 1 is 0.929 bits per heavy atom. The van der Waals surface area contributed by atoms with Gasteiger partial charge in [0.15, 0.2) is 0 Å². The SMILES string of the molecule is O=C1C[C@H](c2nc(-c3ccc(N4CCCC4)cc3)no2)CN1c1ccccc1. The minimum atomic E-state index is -0.0715. The summed E-state index contributed by atoms with van der Waals surface area (Å²) in [4.78, 5) is 21.2. The summed E-state index contributed by atoms with van der Waals surface area (Å²) in [7, 11) is 0. The molecule has 0 N–H and O–H groups in total. The van der Waals surface area contributed by atoms with Crippen LogP contribution in [0.2, 0.25) is 0 Å². The maximum absolute atomic E-state index is 12.4. The number of anilines is 2. The summed E-state index contributed by atoms with van der Waals surface area (Å²) in [5, 5.41) is 4.15. The molecule has 142 valence electrons. The molecule has 28 heavy (non-hydrogen) atoms. The maximum Gasteiger partial charge on any atom is 0.232 e. The number of rotatable bonds is 4. The second-order valence-corrected chi connectivity index (χ2v) is 7.44. The second kappa shape index (κ2) is 7.11. The maximum atomic E-state index is 12.4. The van der Waals surface area contributed by atoms with E-state index in [4.69, 9.17) is 4.52 Å². The average molecular weight is 374 g/mol. The number of hydrogen-bond acceptors (Lipinski definition) is 5. The molecular formula is C22H22N4O2. The van der Waals surface area contributed by atoms with Crippen LogP contribution in [-0.4, -0.2) is 35.7 Å². The fraction of sp³-hybridized carbons (Fsp3) is 0.318. The number of carbonyl (C=O) groups excluding carboxylic acids is 1. The topological polar surface area (TPSA) is 62.5 Å². The Morgan fingerprint density at radius 2 is 1.68 bits per heavy atom. The molecule has 5 rings (SSSR count). The minimum Gasteiger partial charge on any atom is -0.372 e. The molecule has 2 aliphatic rings. The molecule has 0 aliphatic carbocycles. The van der Waals surface area contributed by atoms with Gasteiger partial charge in [0.2, 0.25) is 17.6 Å². The third-order valence-corrected chi connectivity index (χ3v) is 5.58. The van der Waals surface area contributed by atoms with Crippen LogP contribution in [0.3, 0.4) is 0 Å². The van der Waals surface area contributed by atoms with Crippen LogP contribution in [0.15, 0.2) is 59.1 Å². The van der Waals surface area contributed by atoms with Crippen molar-refractivity contribution in [2.45, 2.75) is 25.2 Å². The molecule has 1 atom stereocenters. The Labute approximate surface area is 163 Å². The molecule has 6 nitrogen and oxygen atoms in total. The second-order valence-electron chi connectivity index (χ2n) is 7.44. The summed E-state index contributed by atoms with van der Waals surface area (Å²) in [6.45, 7) is 2.82. The molecule has 6 heteroatoms. The molecule has 1 aromatic heterocycles. The summed E-state index contributed by atoms with van der Waals surface area (Å²) in [6, 6.07) is 18.0. The summed E-state index contributed by atoms with van der Waals surface area (Å²) in [5.41, 5.74) is 3.08. The van der Waals surface area contributed by atoms with Crippen LogP contribution in [0.1, 0.15) is 31.1 Å². The Hall–Kier alpha value is -3.15. The van der Waals surface area contributed by atoms with Gasteiger partial charge < -0.3 is 14.3 Å². The van der Waals surface area contributed by atoms with Gasteiger partial charge in [0.1, 0.15) is 0 Å². The van der Waals surface area contributed by atoms with Gasteiger partial charge in [-0.1, -0.05) is 23.4 Å². The van der Waals surface area contributed by atoms with E-state index in [-0.39, 0.29) is 11.8 Å². The van der Waals surface area contributed by atoms with E-state index in [0.717, 1.165) is 24.3 Å². The van der Waals surface area contributed by atoms with Crippen molar-refractivity contribution in [1.82, 2.24) is 10.1 Å². The molecule has 2 saturated heterocycles. The summed E-state index contributed by atoms with van der Waals surface area (Å²) < 4.78 is 5.52. The van der Waals surface area contributed by atoms with E-state index in [1.165, 1.54) is 18.5 Å². The zero-order valence-corrected chi connectivity index (χ0v) is 15.6. The monoisotopic (exact) mass is 374 g/mol. The molecule has 2 aromatic carbocycles. The van der Waals surface area contributed by atoms with Gasteiger partial charge in [-0.2, -0.15) is 4.98 Å². The molecule has 3 aromatic rings. The van der Waals surface area contributed by atoms with Crippen LogP contribution in [0.5, 0.6) is 0 Å². The van der Waals surface area contributed by atoms with Gasteiger partial charge in [-0.05, 0) is 49.2 Å². The summed E-state index contributed by atoms with van der Waals surface area (Å²) in [6.07, 6.45) is 2.91. The highest BCUT2D eigenvalue weighted by Gasteiger charge is 2.35. The summed E-state index contributed by atoms with van der Waals surface area (Å²) in [5.74, 6) is 1.13. The molecular weight excluding hydrogens is 352 g/mol. The van der Waals surface area contributed by atoms with Gasteiger partial charge in [-0.15, -0.1) is 0 Å². The van der Waals surface area contributed by atoms with Crippen LogP contribution >= 0.6 is 0 Å². The third-order valence-electron chi connectivity index (χ3n) is 5.58. The molecule has 3 heterocycles. The van der Waals surface area contributed by atoms with Crippen molar-refractivity contribution < 1.29 is 9.32 Å². The lowest BCUT2D eigenvalue weighted by atomic mass is 10.1. The Morgan fingerprint density at radius 3 is 2.43 bits per heavy atom. The van der Waals surface area contributed by atoms with E-state index >= 15 is 0 Å². The van der Waals surface area contributed by atoms with Crippen molar-refractivity contribution in [2.24, 2.45) is 0 Å². The summed E-state index contributed by atoms with van der Waals surface area (Å²) >= 11 is 0. The fourth-order valence-electron chi connectivity index (χ4n) is 4.05. The standard InChI is InChI=1S/C22H22N4O2/c27-20-14-17(15-26(20)19-6-2-1-3-7-19)22-23-21(24-28-22)16-8-10-18(11-9-16)25-12-4-5-13-25/h1-3,6-11,17H,4-5,12-15H2/t17-/m0/s1. The minimum absolute atomic E-state index is 0.0715. The largest absolute Gasteiger partial charge is 0.372 e. The first-order valence-electron chi connectivity index (χ1n) is 9.82. The van der Waals surface area contributed by atoms with Gasteiger partial charge in [0, 0.05) is 43.0 Å². The first-order valence-corrected chi connectivity index (χ1v) is 9.82. The quantitative estimate of drug-likeness (QED) is 0.694. The lowest BCUT2D eigenvalue weighted by molar-refractivity contribution is -0.117. The Kier molecular flexibility index (Phi) is 4.31. The van der Waals surface area contributed by atoms with E-state index in [0.29, 0.717) is 24.7 Å². The van der Waals surface area contributed by atoms with Crippen molar-refractivity contribution in [1.29, 1.82) is 0 Å². The van der Waals surface area contributed by atoms with Gasteiger partial charge in [0.05, 0.1) is 5.92 Å². The number of benzene rings is 2. The van der Waals surface area contributed by atoms with E-state index in [2.05, 4.69) is 27.2 Å². The average Bonchev–Trinajstić information content (AvgIpc) is 3.49. The highest BCUT2D eigenvalue weighted by Crippen LogP contribution is 2.32. The first kappa shape index (κ1) is 17.0.